The quantitative estimate of drug-likeness (QED) is 0.707. The molecule has 3 aromatic rings. The van der Waals surface area contributed by atoms with Gasteiger partial charge >= 0.3 is 0 Å². The highest BCUT2D eigenvalue weighted by atomic mass is 32.1. The van der Waals surface area contributed by atoms with E-state index >= 15 is 0 Å². The Morgan fingerprint density at radius 3 is 2.84 bits per heavy atom. The minimum absolute atomic E-state index is 0.00358. The third kappa shape index (κ3) is 3.11. The number of hydrogen-bond donors (Lipinski definition) is 0. The summed E-state index contributed by atoms with van der Waals surface area (Å²) in [4.78, 5) is 20.4. The van der Waals surface area contributed by atoms with Crippen molar-refractivity contribution in [3.05, 3.63) is 40.2 Å². The van der Waals surface area contributed by atoms with Crippen molar-refractivity contribution in [2.45, 2.75) is 32.7 Å². The average Bonchev–Trinajstić information content (AvgIpc) is 3.32. The highest BCUT2D eigenvalue weighted by molar-refractivity contribution is 7.20. The van der Waals surface area contributed by atoms with Crippen molar-refractivity contribution in [3.8, 4) is 9.88 Å². The van der Waals surface area contributed by atoms with Crippen molar-refractivity contribution in [1.82, 2.24) is 24.6 Å². The molecule has 0 saturated heterocycles. The number of fused-ring (bicyclic) bond motifs is 1. The molecule has 4 rings (SSSR count). The second-order valence-electron chi connectivity index (χ2n) is 6.34. The van der Waals surface area contributed by atoms with E-state index in [-0.39, 0.29) is 5.91 Å². The number of carbonyl (C=O) groups is 1. The zero-order chi connectivity index (χ0) is 17.4. The van der Waals surface area contributed by atoms with E-state index < -0.39 is 0 Å². The van der Waals surface area contributed by atoms with E-state index in [9.17, 15) is 4.79 Å². The molecule has 0 radical (unpaired) electrons. The van der Waals surface area contributed by atoms with Crippen molar-refractivity contribution in [2.75, 3.05) is 13.1 Å². The van der Waals surface area contributed by atoms with Crippen molar-refractivity contribution in [3.63, 3.8) is 0 Å². The van der Waals surface area contributed by atoms with Gasteiger partial charge in [-0.05, 0) is 11.4 Å². The molecule has 1 aliphatic rings. The number of rotatable bonds is 3. The van der Waals surface area contributed by atoms with Gasteiger partial charge in [-0.3, -0.25) is 4.79 Å². The summed E-state index contributed by atoms with van der Waals surface area (Å²) < 4.78 is 2.16. The number of thiophene rings is 1. The highest BCUT2D eigenvalue weighted by Crippen LogP contribution is 2.28. The molecule has 130 valence electrons. The predicted octanol–water partition coefficient (Wildman–Crippen LogP) is 3.29. The van der Waals surface area contributed by atoms with Gasteiger partial charge in [0.15, 0.2) is 0 Å². The zero-order valence-corrected chi connectivity index (χ0v) is 15.8. The molecule has 0 atom stereocenters. The van der Waals surface area contributed by atoms with Crippen molar-refractivity contribution in [2.24, 2.45) is 0 Å². The summed E-state index contributed by atoms with van der Waals surface area (Å²) in [6.07, 6.45) is 0.730. The second kappa shape index (κ2) is 6.68. The van der Waals surface area contributed by atoms with Gasteiger partial charge in [0.25, 0.3) is 5.91 Å². The van der Waals surface area contributed by atoms with Crippen molar-refractivity contribution >= 4 is 28.6 Å². The predicted molar refractivity (Wildman–Crippen MR) is 99.1 cm³/mol. The van der Waals surface area contributed by atoms with Crippen LogP contribution in [0, 0.1) is 0 Å². The maximum atomic E-state index is 12.9. The lowest BCUT2D eigenvalue weighted by atomic mass is 10.2. The van der Waals surface area contributed by atoms with E-state index in [4.69, 9.17) is 0 Å². The number of hydrogen-bond acceptors (Lipinski definition) is 6. The Morgan fingerprint density at radius 1 is 1.20 bits per heavy atom. The van der Waals surface area contributed by atoms with E-state index in [0.717, 1.165) is 34.5 Å². The summed E-state index contributed by atoms with van der Waals surface area (Å²) in [5, 5.41) is 13.4. The van der Waals surface area contributed by atoms with Crippen LogP contribution in [0.2, 0.25) is 0 Å². The standard InChI is InChI=1S/C17H19N5OS2/c1-11(2)15-20-19-14-5-6-21(7-8-22(14)15)17(23)12-10-25-16(18-12)13-4-3-9-24-13/h3-4,9-11H,5-8H2,1-2H3. The first-order valence-electron chi connectivity index (χ1n) is 8.34. The molecule has 0 unspecified atom stereocenters. The van der Waals surface area contributed by atoms with Gasteiger partial charge in [-0.1, -0.05) is 19.9 Å². The summed E-state index contributed by atoms with van der Waals surface area (Å²) in [5.41, 5.74) is 0.537. The SMILES string of the molecule is CC(C)c1nnc2n1CCN(C(=O)c1csc(-c3cccs3)n1)CC2. The first kappa shape index (κ1) is 16.4. The molecule has 1 amide bonds. The Bertz CT molecular complexity index is 881. The first-order chi connectivity index (χ1) is 12.1. The lowest BCUT2D eigenvalue weighted by Gasteiger charge is -2.19. The molecule has 0 N–H and O–H groups in total. The van der Waals surface area contributed by atoms with Crippen LogP contribution in [-0.2, 0) is 13.0 Å². The fourth-order valence-electron chi connectivity index (χ4n) is 3.02. The van der Waals surface area contributed by atoms with E-state index in [2.05, 4.69) is 33.6 Å². The molecule has 0 fully saturated rings. The van der Waals surface area contributed by atoms with Crippen LogP contribution < -0.4 is 0 Å². The fourth-order valence-corrected chi connectivity index (χ4v) is 4.63. The summed E-state index contributed by atoms with van der Waals surface area (Å²) >= 11 is 3.17. The highest BCUT2D eigenvalue weighted by Gasteiger charge is 2.25. The summed E-state index contributed by atoms with van der Waals surface area (Å²) in [6, 6.07) is 4.03. The summed E-state index contributed by atoms with van der Waals surface area (Å²) in [5.74, 6) is 2.30. The maximum Gasteiger partial charge on any atom is 0.273 e. The van der Waals surface area contributed by atoms with E-state index in [1.807, 2.05) is 27.8 Å². The van der Waals surface area contributed by atoms with E-state index in [1.54, 1.807) is 11.3 Å². The molecule has 0 saturated carbocycles. The number of amides is 1. The van der Waals surface area contributed by atoms with Crippen molar-refractivity contribution in [1.29, 1.82) is 0 Å². The molecule has 1 aliphatic heterocycles. The number of nitrogens with zero attached hydrogens (tertiary/aromatic N) is 5. The molecule has 6 nitrogen and oxygen atoms in total. The van der Waals surface area contributed by atoms with Crippen LogP contribution >= 0.6 is 22.7 Å². The monoisotopic (exact) mass is 373 g/mol. The summed E-state index contributed by atoms with van der Waals surface area (Å²) in [7, 11) is 0. The van der Waals surface area contributed by atoms with Gasteiger partial charge in [0.05, 0.1) is 4.88 Å². The summed E-state index contributed by atoms with van der Waals surface area (Å²) in [6.45, 7) is 6.29. The molecule has 0 aliphatic carbocycles. The molecule has 8 heteroatoms. The van der Waals surface area contributed by atoms with Crippen LogP contribution in [0.3, 0.4) is 0 Å². The van der Waals surface area contributed by atoms with Gasteiger partial charge in [0.1, 0.15) is 22.4 Å². The van der Waals surface area contributed by atoms with Gasteiger partial charge < -0.3 is 9.47 Å². The Kier molecular flexibility index (Phi) is 4.39. The van der Waals surface area contributed by atoms with Gasteiger partial charge in [-0.15, -0.1) is 32.9 Å². The van der Waals surface area contributed by atoms with Crippen molar-refractivity contribution < 1.29 is 4.79 Å². The molecular weight excluding hydrogens is 354 g/mol. The molecule has 0 bridgehead atoms. The third-order valence-electron chi connectivity index (χ3n) is 4.31. The van der Waals surface area contributed by atoms with Crippen LogP contribution in [0.1, 0.15) is 41.9 Å². The fraction of sp³-hybridized carbons (Fsp3) is 0.412. The van der Waals surface area contributed by atoms with Crippen LogP contribution in [0.5, 0.6) is 0 Å². The average molecular weight is 374 g/mol. The van der Waals surface area contributed by atoms with Crippen LogP contribution in [-0.4, -0.2) is 43.6 Å². The lowest BCUT2D eigenvalue weighted by molar-refractivity contribution is 0.0753. The van der Waals surface area contributed by atoms with Crippen LogP contribution in [0.15, 0.2) is 22.9 Å². The molecule has 25 heavy (non-hydrogen) atoms. The van der Waals surface area contributed by atoms with Crippen LogP contribution in [0.4, 0.5) is 0 Å². The Labute approximate surface area is 154 Å². The second-order valence-corrected chi connectivity index (χ2v) is 8.14. The van der Waals surface area contributed by atoms with Gasteiger partial charge in [0, 0.05) is 37.4 Å². The lowest BCUT2D eigenvalue weighted by Crippen LogP contribution is -2.34. The Balaban J connectivity index is 1.51. The normalized spacial score (nSPS) is 14.6. The number of carbonyl (C=O) groups excluding carboxylic acids is 1. The first-order valence-corrected chi connectivity index (χ1v) is 10.1. The Morgan fingerprint density at radius 2 is 2.08 bits per heavy atom. The molecular formula is C17H19N5OS2. The molecule has 0 aromatic carbocycles. The van der Waals surface area contributed by atoms with Crippen LogP contribution in [0.25, 0.3) is 9.88 Å². The zero-order valence-electron chi connectivity index (χ0n) is 14.2. The van der Waals surface area contributed by atoms with Gasteiger partial charge in [0.2, 0.25) is 0 Å². The Hall–Kier alpha value is -2.06. The van der Waals surface area contributed by atoms with Gasteiger partial charge in [-0.2, -0.15) is 0 Å². The maximum absolute atomic E-state index is 12.9. The topological polar surface area (TPSA) is 63.9 Å². The molecule has 3 aromatic heterocycles. The third-order valence-corrected chi connectivity index (χ3v) is 6.20. The molecule has 4 heterocycles. The number of thiazole rings is 1. The molecule has 0 spiro atoms. The van der Waals surface area contributed by atoms with E-state index in [1.165, 1.54) is 11.3 Å². The van der Waals surface area contributed by atoms with Gasteiger partial charge in [-0.25, -0.2) is 4.98 Å². The van der Waals surface area contributed by atoms with E-state index in [0.29, 0.717) is 24.7 Å². The largest absolute Gasteiger partial charge is 0.335 e. The number of aromatic nitrogens is 4. The minimum atomic E-state index is 0.00358. The minimum Gasteiger partial charge on any atom is -0.335 e. The smallest absolute Gasteiger partial charge is 0.273 e.